The number of aryl methyl sites for hydroxylation is 2. The first-order chi connectivity index (χ1) is 8.33. The lowest BCUT2D eigenvalue weighted by Gasteiger charge is -2.05. The molecule has 2 rings (SSSR count). The molecule has 2 aromatic rings. The van der Waals surface area contributed by atoms with Gasteiger partial charge in [0, 0.05) is 44.1 Å². The van der Waals surface area contributed by atoms with Gasteiger partial charge in [-0.05, 0) is 19.9 Å². The second kappa shape index (κ2) is 5.63. The van der Waals surface area contributed by atoms with Crippen LogP contribution >= 0.6 is 0 Å². The minimum atomic E-state index is 0.838. The number of aromatic nitrogens is 4. The molecule has 0 aliphatic carbocycles. The smallest absolute Gasteiger partial charge is 0.0534 e. The minimum Gasteiger partial charge on any atom is -0.307 e. The highest BCUT2D eigenvalue weighted by atomic mass is 15.3. The summed E-state index contributed by atoms with van der Waals surface area (Å²) in [5.74, 6) is 0. The van der Waals surface area contributed by atoms with Crippen LogP contribution < -0.4 is 5.32 Å². The van der Waals surface area contributed by atoms with Crippen LogP contribution in [-0.4, -0.2) is 19.6 Å². The van der Waals surface area contributed by atoms with Gasteiger partial charge in [0.25, 0.3) is 0 Å². The van der Waals surface area contributed by atoms with Gasteiger partial charge >= 0.3 is 0 Å². The highest BCUT2D eigenvalue weighted by molar-refractivity contribution is 5.05. The molecular formula is C12H19N5. The van der Waals surface area contributed by atoms with E-state index >= 15 is 0 Å². The Labute approximate surface area is 101 Å². The highest BCUT2D eigenvalue weighted by Gasteiger charge is 2.01. The summed E-state index contributed by atoms with van der Waals surface area (Å²) in [7, 11) is 0. The van der Waals surface area contributed by atoms with Crippen molar-refractivity contribution in [3.05, 3.63) is 35.9 Å². The maximum absolute atomic E-state index is 4.24. The van der Waals surface area contributed by atoms with Gasteiger partial charge in [-0.15, -0.1) is 0 Å². The molecule has 0 saturated heterocycles. The molecule has 0 atom stereocenters. The van der Waals surface area contributed by atoms with Gasteiger partial charge in [0.15, 0.2) is 0 Å². The Kier molecular flexibility index (Phi) is 3.93. The molecule has 0 fully saturated rings. The summed E-state index contributed by atoms with van der Waals surface area (Å²) in [6, 6.07) is 2.05. The molecule has 2 heterocycles. The number of nitrogens with one attached hydrogen (secondary N) is 1. The van der Waals surface area contributed by atoms with Gasteiger partial charge in [-0.3, -0.25) is 9.36 Å². The van der Waals surface area contributed by atoms with Gasteiger partial charge in [0.1, 0.15) is 0 Å². The van der Waals surface area contributed by atoms with Gasteiger partial charge in [-0.1, -0.05) is 0 Å². The molecule has 5 heteroatoms. The van der Waals surface area contributed by atoms with Crippen LogP contribution in [-0.2, 0) is 26.2 Å². The van der Waals surface area contributed by atoms with Crippen molar-refractivity contribution in [2.75, 3.05) is 0 Å². The van der Waals surface area contributed by atoms with E-state index in [4.69, 9.17) is 0 Å². The summed E-state index contributed by atoms with van der Waals surface area (Å²) < 4.78 is 3.94. The Balaban J connectivity index is 1.83. The van der Waals surface area contributed by atoms with E-state index in [2.05, 4.69) is 35.6 Å². The van der Waals surface area contributed by atoms with Crippen molar-refractivity contribution in [1.82, 2.24) is 24.9 Å². The Bertz CT molecular complexity index is 457. The Morgan fingerprint density at radius 2 is 2.06 bits per heavy atom. The predicted octanol–water partition coefficient (Wildman–Crippen LogP) is 1.41. The lowest BCUT2D eigenvalue weighted by molar-refractivity contribution is 0.581. The molecule has 2 aromatic heterocycles. The fourth-order valence-corrected chi connectivity index (χ4v) is 1.80. The SMILES string of the molecule is CCn1cc(CNCc2ccnn2CC)cn1. The third kappa shape index (κ3) is 2.94. The molecule has 92 valence electrons. The summed E-state index contributed by atoms with van der Waals surface area (Å²) in [6.07, 6.45) is 5.83. The van der Waals surface area contributed by atoms with Crippen LogP contribution in [0.15, 0.2) is 24.7 Å². The third-order valence-corrected chi connectivity index (χ3v) is 2.75. The summed E-state index contributed by atoms with van der Waals surface area (Å²) in [5.41, 5.74) is 2.43. The monoisotopic (exact) mass is 233 g/mol. The van der Waals surface area contributed by atoms with E-state index in [1.165, 1.54) is 11.3 Å². The number of nitrogens with zero attached hydrogens (tertiary/aromatic N) is 4. The van der Waals surface area contributed by atoms with Crippen LogP contribution in [0.3, 0.4) is 0 Å². The minimum absolute atomic E-state index is 0.838. The molecule has 0 unspecified atom stereocenters. The third-order valence-electron chi connectivity index (χ3n) is 2.75. The van der Waals surface area contributed by atoms with Crippen molar-refractivity contribution in [1.29, 1.82) is 0 Å². The zero-order valence-corrected chi connectivity index (χ0v) is 10.4. The van der Waals surface area contributed by atoms with Crippen molar-refractivity contribution in [2.45, 2.75) is 40.0 Å². The van der Waals surface area contributed by atoms with Crippen molar-refractivity contribution in [3.63, 3.8) is 0 Å². The molecule has 0 amide bonds. The summed E-state index contributed by atoms with van der Waals surface area (Å²) >= 11 is 0. The van der Waals surface area contributed by atoms with Gasteiger partial charge in [-0.25, -0.2) is 0 Å². The molecule has 0 radical (unpaired) electrons. The first kappa shape index (κ1) is 11.9. The Morgan fingerprint density at radius 1 is 1.18 bits per heavy atom. The van der Waals surface area contributed by atoms with E-state index in [0.29, 0.717) is 0 Å². The van der Waals surface area contributed by atoms with E-state index in [1.54, 1.807) is 0 Å². The lowest BCUT2D eigenvalue weighted by Crippen LogP contribution is -2.15. The molecule has 0 aliphatic heterocycles. The maximum atomic E-state index is 4.24. The lowest BCUT2D eigenvalue weighted by atomic mass is 10.3. The standard InChI is InChI=1S/C12H19N5/c1-3-16-10-11(8-15-16)7-13-9-12-5-6-14-17(12)4-2/h5-6,8,10,13H,3-4,7,9H2,1-2H3. The Hall–Kier alpha value is -1.62. The quantitative estimate of drug-likeness (QED) is 0.820. The van der Waals surface area contributed by atoms with Crippen LogP contribution in [0.5, 0.6) is 0 Å². The predicted molar refractivity (Wildman–Crippen MR) is 66.3 cm³/mol. The van der Waals surface area contributed by atoms with Gasteiger partial charge in [0.2, 0.25) is 0 Å². The van der Waals surface area contributed by atoms with Crippen molar-refractivity contribution < 1.29 is 0 Å². The van der Waals surface area contributed by atoms with Crippen LogP contribution in [0.4, 0.5) is 0 Å². The van der Waals surface area contributed by atoms with Crippen LogP contribution in [0.1, 0.15) is 25.1 Å². The number of hydrogen-bond donors (Lipinski definition) is 1. The van der Waals surface area contributed by atoms with E-state index < -0.39 is 0 Å². The van der Waals surface area contributed by atoms with Gasteiger partial charge < -0.3 is 5.32 Å². The van der Waals surface area contributed by atoms with Crippen LogP contribution in [0, 0.1) is 0 Å². The molecular weight excluding hydrogens is 214 g/mol. The largest absolute Gasteiger partial charge is 0.307 e. The van der Waals surface area contributed by atoms with Crippen molar-refractivity contribution in [3.8, 4) is 0 Å². The molecule has 17 heavy (non-hydrogen) atoms. The first-order valence-electron chi connectivity index (χ1n) is 6.06. The maximum Gasteiger partial charge on any atom is 0.0534 e. The normalized spacial score (nSPS) is 10.9. The second-order valence-corrected chi connectivity index (χ2v) is 3.95. The summed E-state index contributed by atoms with van der Waals surface area (Å²) in [4.78, 5) is 0. The van der Waals surface area contributed by atoms with E-state index in [0.717, 1.165) is 26.2 Å². The fourth-order valence-electron chi connectivity index (χ4n) is 1.80. The van der Waals surface area contributed by atoms with Gasteiger partial charge in [-0.2, -0.15) is 10.2 Å². The average molecular weight is 233 g/mol. The zero-order chi connectivity index (χ0) is 12.1. The van der Waals surface area contributed by atoms with Gasteiger partial charge in [0.05, 0.1) is 11.9 Å². The van der Waals surface area contributed by atoms with E-state index in [9.17, 15) is 0 Å². The molecule has 0 spiro atoms. The van der Waals surface area contributed by atoms with E-state index in [1.807, 2.05) is 27.8 Å². The molecule has 0 bridgehead atoms. The Morgan fingerprint density at radius 3 is 2.76 bits per heavy atom. The molecule has 5 nitrogen and oxygen atoms in total. The fraction of sp³-hybridized carbons (Fsp3) is 0.500. The molecule has 0 saturated carbocycles. The zero-order valence-electron chi connectivity index (χ0n) is 10.4. The summed E-state index contributed by atoms with van der Waals surface area (Å²) in [5, 5.41) is 11.9. The van der Waals surface area contributed by atoms with Crippen LogP contribution in [0.2, 0.25) is 0 Å². The van der Waals surface area contributed by atoms with Crippen molar-refractivity contribution >= 4 is 0 Å². The summed E-state index contributed by atoms with van der Waals surface area (Å²) in [6.45, 7) is 7.70. The molecule has 0 aromatic carbocycles. The number of hydrogen-bond acceptors (Lipinski definition) is 3. The average Bonchev–Trinajstić information content (AvgIpc) is 2.97. The van der Waals surface area contributed by atoms with Crippen LogP contribution in [0.25, 0.3) is 0 Å². The molecule has 1 N–H and O–H groups in total. The van der Waals surface area contributed by atoms with E-state index in [-0.39, 0.29) is 0 Å². The number of rotatable bonds is 6. The van der Waals surface area contributed by atoms with Crippen molar-refractivity contribution in [2.24, 2.45) is 0 Å². The molecule has 0 aliphatic rings. The first-order valence-corrected chi connectivity index (χ1v) is 6.06. The topological polar surface area (TPSA) is 47.7 Å². The second-order valence-electron chi connectivity index (χ2n) is 3.95. The highest BCUT2D eigenvalue weighted by Crippen LogP contribution is 2.01.